The number of rotatable bonds is 4. The molecule has 0 saturated carbocycles. The number of nitrogens with zero attached hydrogens (tertiary/aromatic N) is 2. The van der Waals surface area contributed by atoms with Crippen LogP contribution in [0.5, 0.6) is 0 Å². The molecular formula is C16H19N3O3. The molecule has 2 aromatic rings. The third-order valence-corrected chi connectivity index (χ3v) is 3.94. The largest absolute Gasteiger partial charge is 0.384 e. The van der Waals surface area contributed by atoms with E-state index in [4.69, 9.17) is 4.74 Å². The minimum Gasteiger partial charge on any atom is -0.384 e. The van der Waals surface area contributed by atoms with Crippen LogP contribution in [0.3, 0.4) is 0 Å². The molecule has 1 aliphatic rings. The van der Waals surface area contributed by atoms with Crippen molar-refractivity contribution >= 4 is 5.91 Å². The summed E-state index contributed by atoms with van der Waals surface area (Å²) >= 11 is 0. The van der Waals surface area contributed by atoms with Gasteiger partial charge in [0.1, 0.15) is 0 Å². The topological polar surface area (TPSA) is 67.3 Å². The second-order valence-corrected chi connectivity index (χ2v) is 5.35. The first kappa shape index (κ1) is 14.6. The number of carbonyl (C=O) groups excluding carboxylic acids is 1. The monoisotopic (exact) mass is 301 g/mol. The van der Waals surface area contributed by atoms with Gasteiger partial charge >= 0.3 is 0 Å². The zero-order chi connectivity index (χ0) is 15.5. The van der Waals surface area contributed by atoms with E-state index in [1.165, 1.54) is 0 Å². The quantitative estimate of drug-likeness (QED) is 0.919. The van der Waals surface area contributed by atoms with E-state index in [1.54, 1.807) is 16.7 Å². The second-order valence-electron chi connectivity index (χ2n) is 5.35. The Balaban J connectivity index is 1.85. The first-order valence-corrected chi connectivity index (χ1v) is 7.35. The molecule has 0 unspecified atom stereocenters. The van der Waals surface area contributed by atoms with E-state index in [2.05, 4.69) is 5.10 Å². The van der Waals surface area contributed by atoms with Crippen LogP contribution in [-0.4, -0.2) is 40.8 Å². The van der Waals surface area contributed by atoms with Crippen molar-refractivity contribution in [1.29, 1.82) is 0 Å². The van der Waals surface area contributed by atoms with Crippen molar-refractivity contribution < 1.29 is 9.53 Å². The number of aromatic amines is 1. The van der Waals surface area contributed by atoms with Crippen molar-refractivity contribution in [3.8, 4) is 5.69 Å². The lowest BCUT2D eigenvalue weighted by Crippen LogP contribution is -2.37. The fourth-order valence-corrected chi connectivity index (χ4v) is 2.72. The molecule has 1 amide bonds. The summed E-state index contributed by atoms with van der Waals surface area (Å²) in [5.74, 6) is 0.0272. The molecule has 0 fully saturated rings. The molecule has 0 radical (unpaired) electrons. The Morgan fingerprint density at radius 1 is 1.32 bits per heavy atom. The van der Waals surface area contributed by atoms with Crippen LogP contribution in [0.15, 0.2) is 35.1 Å². The van der Waals surface area contributed by atoms with Gasteiger partial charge in [-0.2, -0.15) is 0 Å². The molecule has 22 heavy (non-hydrogen) atoms. The number of H-pyrrole nitrogens is 1. The number of nitrogens with one attached hydrogen (secondary N) is 1. The molecule has 1 aromatic heterocycles. The minimum absolute atomic E-state index is 0.0272. The summed E-state index contributed by atoms with van der Waals surface area (Å²) in [6, 6.07) is 9.45. The number of ether oxygens (including phenoxy) is 1. The molecule has 0 atom stereocenters. The van der Waals surface area contributed by atoms with Gasteiger partial charge in [-0.1, -0.05) is 18.2 Å². The van der Waals surface area contributed by atoms with Gasteiger partial charge in [0.05, 0.1) is 30.8 Å². The average molecular weight is 301 g/mol. The molecule has 1 N–H and O–H groups in total. The summed E-state index contributed by atoms with van der Waals surface area (Å²) in [6.07, 6.45) is 1.02. The molecule has 6 heteroatoms. The van der Waals surface area contributed by atoms with E-state index >= 15 is 0 Å². The van der Waals surface area contributed by atoms with Crippen molar-refractivity contribution in [2.45, 2.75) is 19.4 Å². The van der Waals surface area contributed by atoms with Crippen LogP contribution in [0, 0.1) is 0 Å². The number of hydrogen-bond acceptors (Lipinski definition) is 3. The van der Waals surface area contributed by atoms with Crippen LogP contribution in [0.2, 0.25) is 0 Å². The summed E-state index contributed by atoms with van der Waals surface area (Å²) in [6.45, 7) is 1.40. The third kappa shape index (κ3) is 2.69. The summed E-state index contributed by atoms with van der Waals surface area (Å²) in [5, 5.41) is 3.16. The van der Waals surface area contributed by atoms with Crippen molar-refractivity contribution in [2.24, 2.45) is 0 Å². The van der Waals surface area contributed by atoms with Crippen LogP contribution in [0.1, 0.15) is 17.7 Å². The lowest BCUT2D eigenvalue weighted by atomic mass is 10.1. The molecular weight excluding hydrogens is 282 g/mol. The summed E-state index contributed by atoms with van der Waals surface area (Å²) in [5.41, 5.74) is 2.33. The van der Waals surface area contributed by atoms with Crippen LogP contribution in [-0.2, 0) is 22.5 Å². The highest BCUT2D eigenvalue weighted by atomic mass is 16.5. The first-order chi connectivity index (χ1) is 10.7. The van der Waals surface area contributed by atoms with Crippen molar-refractivity contribution in [2.75, 3.05) is 20.3 Å². The van der Waals surface area contributed by atoms with Gasteiger partial charge in [-0.25, -0.2) is 4.68 Å². The van der Waals surface area contributed by atoms with Crippen molar-refractivity contribution in [1.82, 2.24) is 14.7 Å². The fraction of sp³-hybridized carbons (Fsp3) is 0.375. The van der Waals surface area contributed by atoms with Gasteiger partial charge in [0, 0.05) is 25.8 Å². The van der Waals surface area contributed by atoms with Gasteiger partial charge in [-0.3, -0.25) is 14.7 Å². The van der Waals surface area contributed by atoms with E-state index in [9.17, 15) is 9.59 Å². The number of benzene rings is 1. The number of amides is 1. The third-order valence-electron chi connectivity index (χ3n) is 3.94. The highest BCUT2D eigenvalue weighted by molar-refractivity contribution is 5.76. The van der Waals surface area contributed by atoms with Gasteiger partial charge in [0.2, 0.25) is 5.91 Å². The molecule has 6 nitrogen and oxygen atoms in total. The predicted molar refractivity (Wildman–Crippen MR) is 82.0 cm³/mol. The van der Waals surface area contributed by atoms with Gasteiger partial charge < -0.3 is 9.64 Å². The Hall–Kier alpha value is -2.34. The normalized spacial score (nSPS) is 14.0. The van der Waals surface area contributed by atoms with Crippen molar-refractivity contribution in [3.05, 3.63) is 51.9 Å². The van der Waals surface area contributed by atoms with Crippen molar-refractivity contribution in [3.63, 3.8) is 0 Å². The highest BCUT2D eigenvalue weighted by Gasteiger charge is 2.25. The first-order valence-electron chi connectivity index (χ1n) is 7.35. The Labute approximate surface area is 128 Å². The number of methoxy groups -OCH3 is 1. The Bertz CT molecular complexity index is 718. The van der Waals surface area contributed by atoms with E-state index in [-0.39, 0.29) is 11.5 Å². The predicted octanol–water partition coefficient (Wildman–Crippen LogP) is 1.09. The molecule has 1 aliphatic heterocycles. The Kier molecular flexibility index (Phi) is 4.11. The molecule has 0 aliphatic carbocycles. The maximum atomic E-state index is 12.6. The molecule has 2 heterocycles. The number of hydrogen-bond donors (Lipinski definition) is 1. The van der Waals surface area contributed by atoms with Gasteiger partial charge in [0.25, 0.3) is 5.56 Å². The van der Waals surface area contributed by atoms with Gasteiger partial charge in [0.15, 0.2) is 0 Å². The number of fused-ring (bicyclic) bond motifs is 1. The van der Waals surface area contributed by atoms with Crippen LogP contribution >= 0.6 is 0 Å². The zero-order valence-electron chi connectivity index (χ0n) is 12.5. The standard InChI is InChI=1S/C16H19N3O3/c1-22-10-8-15(20)18-9-7-14-13(11-18)16(21)19(17-14)12-5-3-2-4-6-12/h2-6,17H,7-11H2,1H3. The maximum Gasteiger partial charge on any atom is 0.276 e. The lowest BCUT2D eigenvalue weighted by Gasteiger charge is -2.26. The number of carbonyl (C=O) groups is 1. The SMILES string of the molecule is COCCC(=O)N1CCc2[nH]n(-c3ccccc3)c(=O)c2C1. The zero-order valence-corrected chi connectivity index (χ0v) is 12.5. The summed E-state index contributed by atoms with van der Waals surface area (Å²) < 4.78 is 6.49. The molecule has 3 rings (SSSR count). The number of para-hydroxylation sites is 1. The van der Waals surface area contributed by atoms with E-state index < -0.39 is 0 Å². The average Bonchev–Trinajstić information content (AvgIpc) is 2.90. The molecule has 116 valence electrons. The fourth-order valence-electron chi connectivity index (χ4n) is 2.72. The Morgan fingerprint density at radius 2 is 2.09 bits per heavy atom. The van der Waals surface area contributed by atoms with Gasteiger partial charge in [-0.05, 0) is 12.1 Å². The highest BCUT2D eigenvalue weighted by Crippen LogP contribution is 2.16. The lowest BCUT2D eigenvalue weighted by molar-refractivity contribution is -0.133. The minimum atomic E-state index is -0.0783. The van der Waals surface area contributed by atoms with Crippen LogP contribution < -0.4 is 5.56 Å². The number of aromatic nitrogens is 2. The molecule has 1 aromatic carbocycles. The van der Waals surface area contributed by atoms with Crippen LogP contribution in [0.25, 0.3) is 5.69 Å². The summed E-state index contributed by atoms with van der Waals surface area (Å²) in [7, 11) is 1.58. The van der Waals surface area contributed by atoms with E-state index in [0.29, 0.717) is 38.1 Å². The van der Waals surface area contributed by atoms with E-state index in [1.807, 2.05) is 30.3 Å². The Morgan fingerprint density at radius 3 is 2.82 bits per heavy atom. The van der Waals surface area contributed by atoms with E-state index in [0.717, 1.165) is 11.4 Å². The van der Waals surface area contributed by atoms with Crippen LogP contribution in [0.4, 0.5) is 0 Å². The second kappa shape index (κ2) is 6.19. The maximum absolute atomic E-state index is 12.6. The molecule has 0 saturated heterocycles. The smallest absolute Gasteiger partial charge is 0.276 e. The molecule has 0 bridgehead atoms. The summed E-state index contributed by atoms with van der Waals surface area (Å²) in [4.78, 5) is 26.4. The molecule has 0 spiro atoms. The van der Waals surface area contributed by atoms with Gasteiger partial charge in [-0.15, -0.1) is 0 Å².